The number of rotatable bonds is 3. The summed E-state index contributed by atoms with van der Waals surface area (Å²) < 4.78 is 5.32. The van der Waals surface area contributed by atoms with E-state index in [1.165, 1.54) is 0 Å². The van der Waals surface area contributed by atoms with Crippen molar-refractivity contribution >= 4 is 11.8 Å². The fourth-order valence-corrected chi connectivity index (χ4v) is 3.04. The van der Waals surface area contributed by atoms with E-state index in [0.29, 0.717) is 50.7 Å². The van der Waals surface area contributed by atoms with Gasteiger partial charge in [0.05, 0.1) is 0 Å². The van der Waals surface area contributed by atoms with Crippen LogP contribution in [0.5, 0.6) is 0 Å². The van der Waals surface area contributed by atoms with Crippen LogP contribution in [0.1, 0.15) is 23.2 Å². The van der Waals surface area contributed by atoms with Gasteiger partial charge in [0.1, 0.15) is 0 Å². The van der Waals surface area contributed by atoms with E-state index >= 15 is 0 Å². The van der Waals surface area contributed by atoms with Crippen molar-refractivity contribution in [2.24, 2.45) is 5.92 Å². The maximum absolute atomic E-state index is 12.4. The zero-order valence-electron chi connectivity index (χ0n) is 12.7. The van der Waals surface area contributed by atoms with Gasteiger partial charge in [0.15, 0.2) is 0 Å². The Morgan fingerprint density at radius 3 is 2.36 bits per heavy atom. The molecule has 1 aromatic rings. The Labute approximate surface area is 130 Å². The van der Waals surface area contributed by atoms with Gasteiger partial charge in [0.2, 0.25) is 5.91 Å². The minimum Gasteiger partial charge on any atom is -0.381 e. The predicted molar refractivity (Wildman–Crippen MR) is 82.5 cm³/mol. The topological polar surface area (TPSA) is 49.9 Å². The number of carbonyl (C=O) groups excluding carboxylic acids is 2. The summed E-state index contributed by atoms with van der Waals surface area (Å²) in [6.07, 6.45) is 1.56. The lowest BCUT2D eigenvalue weighted by molar-refractivity contribution is -0.133. The second kappa shape index (κ2) is 6.92. The summed E-state index contributed by atoms with van der Waals surface area (Å²) in [5.41, 5.74) is 0.713. The number of hydrogen-bond acceptors (Lipinski definition) is 3. The molecule has 1 aromatic carbocycles. The first-order valence-electron chi connectivity index (χ1n) is 7.94. The number of hydrogen-bond donors (Lipinski definition) is 0. The number of benzene rings is 1. The summed E-state index contributed by atoms with van der Waals surface area (Å²) in [5.74, 6) is 0.621. The average molecular weight is 302 g/mol. The molecule has 0 aliphatic carbocycles. The van der Waals surface area contributed by atoms with Crippen molar-refractivity contribution in [3.05, 3.63) is 35.9 Å². The van der Waals surface area contributed by atoms with Crippen molar-refractivity contribution in [3.8, 4) is 0 Å². The minimum absolute atomic E-state index is 0.0527. The van der Waals surface area contributed by atoms with Gasteiger partial charge >= 0.3 is 0 Å². The number of piperazine rings is 1. The largest absolute Gasteiger partial charge is 0.381 e. The molecule has 0 unspecified atom stereocenters. The minimum atomic E-state index is 0.0527. The van der Waals surface area contributed by atoms with E-state index in [9.17, 15) is 9.59 Å². The van der Waals surface area contributed by atoms with Crippen LogP contribution in [0.25, 0.3) is 0 Å². The summed E-state index contributed by atoms with van der Waals surface area (Å²) in [4.78, 5) is 28.3. The van der Waals surface area contributed by atoms with E-state index in [1.54, 1.807) is 0 Å². The van der Waals surface area contributed by atoms with Crippen molar-refractivity contribution in [2.75, 3.05) is 39.4 Å². The molecule has 2 heterocycles. The Bertz CT molecular complexity index is 518. The van der Waals surface area contributed by atoms with E-state index in [1.807, 2.05) is 40.1 Å². The van der Waals surface area contributed by atoms with Crippen LogP contribution in [0.3, 0.4) is 0 Å². The van der Waals surface area contributed by atoms with Gasteiger partial charge in [0.25, 0.3) is 5.91 Å². The van der Waals surface area contributed by atoms with Crippen molar-refractivity contribution in [1.82, 2.24) is 9.80 Å². The first kappa shape index (κ1) is 15.0. The van der Waals surface area contributed by atoms with Gasteiger partial charge in [-0.3, -0.25) is 9.59 Å². The number of carbonyl (C=O) groups is 2. The molecular formula is C17H22N2O3. The summed E-state index contributed by atoms with van der Waals surface area (Å²) in [6, 6.07) is 9.31. The number of nitrogens with zero attached hydrogens (tertiary/aromatic N) is 2. The fraction of sp³-hybridized carbons (Fsp3) is 0.529. The zero-order chi connectivity index (χ0) is 15.4. The third-order valence-electron chi connectivity index (χ3n) is 4.43. The van der Waals surface area contributed by atoms with Gasteiger partial charge in [0, 0.05) is 51.4 Å². The normalized spacial score (nSPS) is 21.9. The predicted octanol–water partition coefficient (Wildman–Crippen LogP) is 1.40. The Kier molecular flexibility index (Phi) is 4.73. The van der Waals surface area contributed by atoms with E-state index in [0.717, 1.165) is 13.0 Å². The number of ether oxygens (including phenoxy) is 1. The van der Waals surface area contributed by atoms with Crippen molar-refractivity contribution in [1.29, 1.82) is 0 Å². The maximum atomic E-state index is 12.4. The van der Waals surface area contributed by atoms with Crippen LogP contribution in [0.15, 0.2) is 30.3 Å². The lowest BCUT2D eigenvalue weighted by Gasteiger charge is -2.35. The van der Waals surface area contributed by atoms with Gasteiger partial charge in [-0.05, 0) is 24.5 Å². The molecule has 2 aliphatic heterocycles. The molecule has 2 aliphatic rings. The van der Waals surface area contributed by atoms with Gasteiger partial charge in [-0.2, -0.15) is 0 Å². The summed E-state index contributed by atoms with van der Waals surface area (Å²) in [7, 11) is 0. The molecule has 0 spiro atoms. The monoisotopic (exact) mass is 302 g/mol. The maximum Gasteiger partial charge on any atom is 0.253 e. The molecular weight excluding hydrogens is 280 g/mol. The first-order valence-corrected chi connectivity index (χ1v) is 7.94. The van der Waals surface area contributed by atoms with Crippen LogP contribution in [-0.4, -0.2) is 61.0 Å². The second-order valence-corrected chi connectivity index (χ2v) is 5.97. The quantitative estimate of drug-likeness (QED) is 0.848. The van der Waals surface area contributed by atoms with Crippen molar-refractivity contribution in [3.63, 3.8) is 0 Å². The molecule has 5 heteroatoms. The molecule has 0 bridgehead atoms. The van der Waals surface area contributed by atoms with Gasteiger partial charge in [-0.25, -0.2) is 0 Å². The standard InChI is InChI=1S/C17H22N2O3/c20-16(12-14-6-11-22-13-14)18-7-9-19(10-8-18)17(21)15-4-2-1-3-5-15/h1-5,14H,6-13H2/t14-/m0/s1. The molecule has 0 aromatic heterocycles. The van der Waals surface area contributed by atoms with Crippen molar-refractivity contribution in [2.45, 2.75) is 12.8 Å². The fourth-order valence-electron chi connectivity index (χ4n) is 3.04. The van der Waals surface area contributed by atoms with E-state index in [2.05, 4.69) is 0 Å². The third kappa shape index (κ3) is 3.47. The zero-order valence-corrected chi connectivity index (χ0v) is 12.7. The second-order valence-electron chi connectivity index (χ2n) is 5.97. The molecule has 0 N–H and O–H groups in total. The molecule has 0 radical (unpaired) electrons. The first-order chi connectivity index (χ1) is 10.7. The van der Waals surface area contributed by atoms with Crippen LogP contribution < -0.4 is 0 Å². The molecule has 2 amide bonds. The van der Waals surface area contributed by atoms with Crippen LogP contribution >= 0.6 is 0 Å². The molecule has 2 saturated heterocycles. The molecule has 1 atom stereocenters. The Morgan fingerprint density at radius 2 is 1.73 bits per heavy atom. The van der Waals surface area contributed by atoms with Crippen LogP contribution in [0, 0.1) is 5.92 Å². The highest BCUT2D eigenvalue weighted by atomic mass is 16.5. The smallest absolute Gasteiger partial charge is 0.253 e. The van der Waals surface area contributed by atoms with Crippen LogP contribution in [0.2, 0.25) is 0 Å². The van der Waals surface area contributed by atoms with E-state index in [-0.39, 0.29) is 11.8 Å². The molecule has 22 heavy (non-hydrogen) atoms. The van der Waals surface area contributed by atoms with Crippen LogP contribution in [0.4, 0.5) is 0 Å². The highest BCUT2D eigenvalue weighted by Gasteiger charge is 2.27. The van der Waals surface area contributed by atoms with Crippen LogP contribution in [-0.2, 0) is 9.53 Å². The van der Waals surface area contributed by atoms with E-state index in [4.69, 9.17) is 4.74 Å². The lowest BCUT2D eigenvalue weighted by Crippen LogP contribution is -2.50. The highest BCUT2D eigenvalue weighted by molar-refractivity contribution is 5.94. The Balaban J connectivity index is 1.49. The third-order valence-corrected chi connectivity index (χ3v) is 4.43. The van der Waals surface area contributed by atoms with E-state index < -0.39 is 0 Å². The van der Waals surface area contributed by atoms with Gasteiger partial charge < -0.3 is 14.5 Å². The Morgan fingerprint density at radius 1 is 1.05 bits per heavy atom. The van der Waals surface area contributed by atoms with Gasteiger partial charge in [-0.15, -0.1) is 0 Å². The summed E-state index contributed by atoms with van der Waals surface area (Å²) in [6.45, 7) is 3.97. The molecule has 2 fully saturated rings. The summed E-state index contributed by atoms with van der Waals surface area (Å²) >= 11 is 0. The number of amides is 2. The SMILES string of the molecule is O=C(C[C@@H]1CCOC1)N1CCN(C(=O)c2ccccc2)CC1. The molecule has 3 rings (SSSR count). The lowest BCUT2D eigenvalue weighted by atomic mass is 10.0. The molecule has 118 valence electrons. The van der Waals surface area contributed by atoms with Gasteiger partial charge in [-0.1, -0.05) is 18.2 Å². The molecule has 0 saturated carbocycles. The molecule has 5 nitrogen and oxygen atoms in total. The highest BCUT2D eigenvalue weighted by Crippen LogP contribution is 2.18. The average Bonchev–Trinajstić information content (AvgIpc) is 3.08. The van der Waals surface area contributed by atoms with Crippen molar-refractivity contribution < 1.29 is 14.3 Å². The Hall–Kier alpha value is -1.88. The summed E-state index contributed by atoms with van der Waals surface area (Å²) in [5, 5.41) is 0.